The molecule has 0 heterocycles. The predicted octanol–water partition coefficient (Wildman–Crippen LogP) is 0.507. The molecule has 0 bridgehead atoms. The van der Waals surface area contributed by atoms with Crippen LogP contribution in [0.15, 0.2) is 30.3 Å². The second kappa shape index (κ2) is 14.0. The first-order chi connectivity index (χ1) is 16.5. The van der Waals surface area contributed by atoms with Gasteiger partial charge in [0.05, 0.1) is 58.9 Å². The Balaban J connectivity index is 0.000000658. The number of aliphatic hydroxyl groups excluding tert-OH is 4. The molecule has 0 aromatic heterocycles. The number of methoxy groups -OCH3 is 3. The van der Waals surface area contributed by atoms with Crippen LogP contribution in [-0.2, 0) is 11.2 Å². The fourth-order valence-corrected chi connectivity index (χ4v) is 2.99. The number of phosphoric ester groups is 1. The molecule has 0 aliphatic rings. The molecule has 8 N–H and O–H groups in total. The van der Waals surface area contributed by atoms with Crippen molar-refractivity contribution >= 4 is 20.0 Å². The molecule has 2 aromatic rings. The van der Waals surface area contributed by atoms with Gasteiger partial charge in [-0.1, -0.05) is 18.2 Å². The van der Waals surface area contributed by atoms with E-state index in [1.165, 1.54) is 27.4 Å². The van der Waals surface area contributed by atoms with Crippen molar-refractivity contribution in [1.82, 2.24) is 0 Å². The van der Waals surface area contributed by atoms with Crippen molar-refractivity contribution in [2.24, 2.45) is 5.73 Å². The Bertz CT molecular complexity index is 985. The van der Waals surface area contributed by atoms with Gasteiger partial charge >= 0.3 is 7.82 Å². The maximum atomic E-state index is 11.1. The highest BCUT2D eigenvalue weighted by atomic mass is 31.2. The lowest BCUT2D eigenvalue weighted by Gasteiger charge is -2.20. The summed E-state index contributed by atoms with van der Waals surface area (Å²) >= 11 is 0. The molecule has 0 amide bonds. The first-order valence-corrected chi connectivity index (χ1v) is 11.6. The summed E-state index contributed by atoms with van der Waals surface area (Å²) in [6.45, 7) is -1.43. The third-order valence-corrected chi connectivity index (χ3v) is 5.04. The zero-order valence-corrected chi connectivity index (χ0v) is 20.5. The van der Waals surface area contributed by atoms with Gasteiger partial charge in [-0.3, -0.25) is 9.79 Å². The van der Waals surface area contributed by atoms with Crippen LogP contribution in [0.5, 0.6) is 23.0 Å². The number of phosphoric acid groups is 1. The van der Waals surface area contributed by atoms with E-state index in [2.05, 4.69) is 4.52 Å². The number of hydrogen-bond acceptors (Lipinski definition) is 10. The van der Waals surface area contributed by atoms with Crippen LogP contribution < -0.4 is 24.5 Å². The van der Waals surface area contributed by atoms with Gasteiger partial charge in [-0.25, -0.2) is 4.57 Å². The van der Waals surface area contributed by atoms with Crippen LogP contribution in [0.4, 0.5) is 0 Å². The van der Waals surface area contributed by atoms with Crippen molar-refractivity contribution in [3.8, 4) is 23.0 Å². The van der Waals surface area contributed by atoms with E-state index in [1.54, 1.807) is 36.4 Å². The van der Waals surface area contributed by atoms with E-state index in [9.17, 15) is 9.67 Å². The monoisotopic (exact) mass is 517 g/mol. The average molecular weight is 517 g/mol. The Kier molecular flexibility index (Phi) is 12.2. The van der Waals surface area contributed by atoms with Crippen molar-refractivity contribution in [3.05, 3.63) is 47.0 Å². The fourth-order valence-electron chi connectivity index (χ4n) is 2.60. The van der Waals surface area contributed by atoms with E-state index in [0.29, 0.717) is 22.6 Å². The smallest absolute Gasteiger partial charge is 0.496 e. The van der Waals surface area contributed by atoms with Crippen molar-refractivity contribution in [3.63, 3.8) is 0 Å². The lowest BCUT2D eigenvalue weighted by molar-refractivity contribution is 0.0697. The molecule has 0 fully saturated rings. The van der Waals surface area contributed by atoms with Gasteiger partial charge in [-0.05, 0) is 35.4 Å². The van der Waals surface area contributed by atoms with Gasteiger partial charge in [0.25, 0.3) is 0 Å². The minimum Gasteiger partial charge on any atom is -0.496 e. The molecule has 0 atom stereocenters. The topological polar surface area (TPSA) is 201 Å². The Morgan fingerprint density at radius 2 is 1.26 bits per heavy atom. The summed E-state index contributed by atoms with van der Waals surface area (Å²) in [4.78, 5) is 18.0. The molecule has 196 valence electrons. The largest absolute Gasteiger partial charge is 0.524 e. The fraction of sp³-hybridized carbons (Fsp3) is 0.364. The highest BCUT2D eigenvalue weighted by molar-refractivity contribution is 7.46. The minimum atomic E-state index is -4.72. The van der Waals surface area contributed by atoms with Crippen LogP contribution in [0.1, 0.15) is 16.7 Å². The Hall–Kier alpha value is -2.67. The van der Waals surface area contributed by atoms with E-state index in [-0.39, 0.29) is 18.1 Å². The second-order valence-electron chi connectivity index (χ2n) is 7.22. The summed E-state index contributed by atoms with van der Waals surface area (Å²) in [5, 5.41) is 34.5. The molecule has 0 radical (unpaired) electrons. The van der Waals surface area contributed by atoms with E-state index < -0.39 is 33.2 Å². The summed E-state index contributed by atoms with van der Waals surface area (Å²) in [5.41, 5.74) is 5.85. The lowest BCUT2D eigenvalue weighted by Crippen LogP contribution is -2.50. The zero-order chi connectivity index (χ0) is 26.6. The Morgan fingerprint density at radius 1 is 0.800 bits per heavy atom. The van der Waals surface area contributed by atoms with E-state index in [0.717, 1.165) is 5.56 Å². The molecular weight excluding hydrogens is 485 g/mol. The van der Waals surface area contributed by atoms with Gasteiger partial charge in [-0.2, -0.15) is 0 Å². The van der Waals surface area contributed by atoms with Crippen LogP contribution >= 0.6 is 7.82 Å². The molecule has 35 heavy (non-hydrogen) atoms. The highest BCUT2D eigenvalue weighted by Crippen LogP contribution is 2.42. The molecule has 0 aliphatic carbocycles. The van der Waals surface area contributed by atoms with Crippen molar-refractivity contribution < 1.29 is 53.5 Å². The lowest BCUT2D eigenvalue weighted by atomic mass is 10.1. The van der Waals surface area contributed by atoms with Crippen LogP contribution in [0, 0.1) is 0 Å². The number of rotatable bonds is 11. The van der Waals surface area contributed by atoms with Gasteiger partial charge < -0.3 is 44.9 Å². The normalized spacial score (nSPS) is 11.6. The Labute approximate surface area is 203 Å². The number of benzene rings is 2. The highest BCUT2D eigenvalue weighted by Gasteiger charge is 2.21. The molecule has 0 aliphatic heterocycles. The Morgan fingerprint density at radius 3 is 1.63 bits per heavy atom. The maximum Gasteiger partial charge on any atom is 0.524 e. The third kappa shape index (κ3) is 9.48. The summed E-state index contributed by atoms with van der Waals surface area (Å²) in [5.74, 6) is 1.10. The van der Waals surface area contributed by atoms with Crippen molar-refractivity contribution in [1.29, 1.82) is 0 Å². The molecule has 0 spiro atoms. The van der Waals surface area contributed by atoms with E-state index in [4.69, 9.17) is 45.1 Å². The second-order valence-corrected chi connectivity index (χ2v) is 8.39. The van der Waals surface area contributed by atoms with E-state index >= 15 is 0 Å². The molecule has 12 nitrogen and oxygen atoms in total. The molecule has 0 saturated heterocycles. The molecule has 2 rings (SSSR count). The first kappa shape index (κ1) is 30.4. The summed E-state index contributed by atoms with van der Waals surface area (Å²) in [7, 11) is -0.349. The van der Waals surface area contributed by atoms with E-state index in [1.807, 2.05) is 0 Å². The first-order valence-electron chi connectivity index (χ1n) is 10.1. The maximum absolute atomic E-state index is 11.1. The summed E-state index contributed by atoms with van der Waals surface area (Å²) in [6, 6.07) is 8.17. The summed E-state index contributed by atoms with van der Waals surface area (Å²) < 4.78 is 31.4. The van der Waals surface area contributed by atoms with Crippen LogP contribution in [0.25, 0.3) is 12.2 Å². The minimum absolute atomic E-state index is 0.0706. The predicted molar refractivity (Wildman–Crippen MR) is 128 cm³/mol. The SMILES string of the molecule is COc1ccc(/C=C\c2cc(OC)c(CO)c(OC)c2)cc1OP(=O)(O)O.NC(CO)(CO)CO. The van der Waals surface area contributed by atoms with Gasteiger partial charge in [0.2, 0.25) is 0 Å². The average Bonchev–Trinajstić information content (AvgIpc) is 2.85. The standard InChI is InChI=1S/C18H21O8P.C4H11NO3/c1-23-15-7-6-12(8-18(15)26-27(20,21)22)4-5-13-9-16(24-2)14(11-19)17(10-13)25-3;5-4(1-6,2-7)3-8/h4-10,19H,11H2,1-3H3,(H2,20,21,22);6-8H,1-3,5H2/b5-4-;. The van der Waals surface area contributed by atoms with Crippen LogP contribution in [-0.4, -0.2) is 76.9 Å². The van der Waals surface area contributed by atoms with Gasteiger partial charge in [0.15, 0.2) is 11.5 Å². The van der Waals surface area contributed by atoms with Crippen molar-refractivity contribution in [2.75, 3.05) is 41.2 Å². The number of hydrogen-bond donors (Lipinski definition) is 7. The molecule has 2 aromatic carbocycles. The summed E-state index contributed by atoms with van der Waals surface area (Å²) in [6.07, 6.45) is 3.48. The number of aliphatic hydroxyl groups is 4. The molecule has 0 saturated carbocycles. The van der Waals surface area contributed by atoms with Gasteiger partial charge in [-0.15, -0.1) is 0 Å². The van der Waals surface area contributed by atoms with Crippen LogP contribution in [0.2, 0.25) is 0 Å². The number of ether oxygens (including phenoxy) is 3. The van der Waals surface area contributed by atoms with Gasteiger partial charge in [0.1, 0.15) is 11.5 Å². The van der Waals surface area contributed by atoms with Gasteiger partial charge in [0, 0.05) is 0 Å². The third-order valence-electron chi connectivity index (χ3n) is 4.61. The molecule has 0 unspecified atom stereocenters. The van der Waals surface area contributed by atoms with Crippen molar-refractivity contribution in [2.45, 2.75) is 12.1 Å². The number of nitrogens with two attached hydrogens (primary N) is 1. The zero-order valence-electron chi connectivity index (χ0n) is 19.6. The quantitative estimate of drug-likeness (QED) is 0.161. The van der Waals surface area contributed by atoms with Crippen LogP contribution in [0.3, 0.4) is 0 Å². The molecular formula is C22H32NO11P. The molecule has 13 heteroatoms.